The molecule has 2 rings (SSSR count). The summed E-state index contributed by atoms with van der Waals surface area (Å²) in [5.74, 6) is -0.681. The van der Waals surface area contributed by atoms with Crippen LogP contribution >= 0.6 is 0 Å². The number of carbonyl (C=O) groups is 3. The molecule has 40 heavy (non-hydrogen) atoms. The number of Topliss-reactive ketones (excluding diaryl/α,β-unsaturated/α-hetero) is 2. The van der Waals surface area contributed by atoms with Crippen LogP contribution in [0.15, 0.2) is 11.6 Å². The number of hydrogen-bond acceptors (Lipinski definition) is 4. The van der Waals surface area contributed by atoms with Gasteiger partial charge < -0.3 is 9.90 Å². The van der Waals surface area contributed by atoms with Crippen molar-refractivity contribution < 1.29 is 19.5 Å². The van der Waals surface area contributed by atoms with Gasteiger partial charge in [-0.3, -0.25) is 9.59 Å². The molecule has 0 aromatic heterocycles. The zero-order valence-electron chi connectivity index (χ0n) is 27.4. The summed E-state index contributed by atoms with van der Waals surface area (Å²) >= 11 is 0. The SMILES string of the molecule is CCCC(C)(C)CC[C@@](C)(CCC(C)(C)[C@]1(C)CC[C@H]2C(C)(C)C(=O)C(C#N)=C[C@]2(C)[C@H]1CC(C)=O)CC(=O)O. The van der Waals surface area contributed by atoms with Gasteiger partial charge >= 0.3 is 5.97 Å². The van der Waals surface area contributed by atoms with Crippen molar-refractivity contribution in [3.8, 4) is 6.07 Å². The molecule has 1 N–H and O–H groups in total. The lowest BCUT2D eigenvalue weighted by Gasteiger charge is -2.64. The molecule has 0 aliphatic heterocycles. The van der Waals surface area contributed by atoms with E-state index in [-0.39, 0.29) is 57.1 Å². The number of carbonyl (C=O) groups excluding carboxylic acids is 2. The highest BCUT2D eigenvalue weighted by atomic mass is 16.4. The predicted octanol–water partition coefficient (Wildman–Crippen LogP) is 8.96. The molecule has 5 atom stereocenters. The topological polar surface area (TPSA) is 95.2 Å². The fraction of sp³-hybridized carbons (Fsp3) is 0.829. The molecule has 0 aromatic rings. The van der Waals surface area contributed by atoms with Gasteiger partial charge in [0.1, 0.15) is 11.9 Å². The van der Waals surface area contributed by atoms with Gasteiger partial charge in [-0.05, 0) is 90.8 Å². The second kappa shape index (κ2) is 11.7. The minimum atomic E-state index is -0.745. The first-order chi connectivity index (χ1) is 18.1. The Balaban J connectivity index is 2.49. The highest BCUT2D eigenvalue weighted by Crippen LogP contribution is 2.68. The maximum atomic E-state index is 13.2. The maximum absolute atomic E-state index is 13.2. The summed E-state index contributed by atoms with van der Waals surface area (Å²) in [5.41, 5.74) is -1.45. The lowest BCUT2D eigenvalue weighted by Crippen LogP contribution is -2.60. The van der Waals surface area contributed by atoms with Crippen molar-refractivity contribution in [3.05, 3.63) is 11.6 Å². The van der Waals surface area contributed by atoms with Gasteiger partial charge in [-0.1, -0.05) is 81.7 Å². The van der Waals surface area contributed by atoms with E-state index in [4.69, 9.17) is 0 Å². The molecule has 2 aliphatic carbocycles. The Kier molecular flexibility index (Phi) is 10.0. The van der Waals surface area contributed by atoms with Crippen LogP contribution in [0.4, 0.5) is 0 Å². The van der Waals surface area contributed by atoms with Crippen molar-refractivity contribution in [1.29, 1.82) is 5.26 Å². The number of allylic oxidation sites excluding steroid dienone is 2. The Hall–Kier alpha value is -1.96. The van der Waals surface area contributed by atoms with Crippen LogP contribution in [0, 0.1) is 55.7 Å². The molecule has 5 nitrogen and oxygen atoms in total. The van der Waals surface area contributed by atoms with Gasteiger partial charge in [0.15, 0.2) is 5.78 Å². The minimum absolute atomic E-state index is 0.0313. The van der Waals surface area contributed by atoms with Crippen LogP contribution in [0.3, 0.4) is 0 Å². The molecule has 5 heteroatoms. The first-order valence-corrected chi connectivity index (χ1v) is 15.5. The summed E-state index contributed by atoms with van der Waals surface area (Å²) in [4.78, 5) is 38.0. The molecule has 0 heterocycles. The number of ketones is 2. The van der Waals surface area contributed by atoms with Crippen molar-refractivity contribution in [1.82, 2.24) is 0 Å². The van der Waals surface area contributed by atoms with E-state index in [9.17, 15) is 24.8 Å². The Morgan fingerprint density at radius 3 is 2.10 bits per heavy atom. The molecule has 1 saturated carbocycles. The van der Waals surface area contributed by atoms with Crippen molar-refractivity contribution in [2.75, 3.05) is 0 Å². The second-order valence-electron chi connectivity index (χ2n) is 16.2. The third kappa shape index (κ3) is 6.74. The summed E-state index contributed by atoms with van der Waals surface area (Å²) in [6, 6.07) is 2.18. The number of fused-ring (bicyclic) bond motifs is 1. The summed E-state index contributed by atoms with van der Waals surface area (Å²) < 4.78 is 0. The Morgan fingerprint density at radius 1 is 1.02 bits per heavy atom. The van der Waals surface area contributed by atoms with E-state index in [1.807, 2.05) is 19.9 Å². The smallest absolute Gasteiger partial charge is 0.303 e. The molecule has 1 fully saturated rings. The number of nitriles is 1. The summed E-state index contributed by atoms with van der Waals surface area (Å²) in [6.07, 6.45) is 10.0. The first kappa shape index (κ1) is 34.2. The number of rotatable bonds is 13. The highest BCUT2D eigenvalue weighted by molar-refractivity contribution is 6.04. The van der Waals surface area contributed by atoms with Crippen LogP contribution in [0.1, 0.15) is 140 Å². The van der Waals surface area contributed by atoms with Crippen LogP contribution in [0.5, 0.6) is 0 Å². The largest absolute Gasteiger partial charge is 0.481 e. The van der Waals surface area contributed by atoms with E-state index in [0.717, 1.165) is 51.4 Å². The van der Waals surface area contributed by atoms with Gasteiger partial charge in [-0.2, -0.15) is 5.26 Å². The number of carboxylic acids is 1. The van der Waals surface area contributed by atoms with Gasteiger partial charge in [0, 0.05) is 11.8 Å². The van der Waals surface area contributed by atoms with E-state index >= 15 is 0 Å². The van der Waals surface area contributed by atoms with E-state index in [2.05, 4.69) is 61.5 Å². The van der Waals surface area contributed by atoms with E-state index in [1.165, 1.54) is 0 Å². The number of carboxylic acid groups (broad SMARTS) is 1. The van der Waals surface area contributed by atoms with Crippen LogP contribution in [-0.4, -0.2) is 22.6 Å². The molecule has 0 amide bonds. The number of nitrogens with zero attached hydrogens (tertiary/aromatic N) is 1. The second-order valence-corrected chi connectivity index (χ2v) is 16.2. The van der Waals surface area contributed by atoms with E-state index < -0.39 is 16.8 Å². The molecule has 0 spiro atoms. The Bertz CT molecular complexity index is 1060. The fourth-order valence-corrected chi connectivity index (χ4v) is 8.71. The van der Waals surface area contributed by atoms with Crippen molar-refractivity contribution in [2.24, 2.45) is 44.3 Å². The molecular formula is C35H57NO4. The Morgan fingerprint density at radius 2 is 1.60 bits per heavy atom. The zero-order valence-corrected chi connectivity index (χ0v) is 27.4. The Labute approximate surface area is 244 Å². The maximum Gasteiger partial charge on any atom is 0.303 e. The van der Waals surface area contributed by atoms with Gasteiger partial charge in [0.2, 0.25) is 0 Å². The summed E-state index contributed by atoms with van der Waals surface area (Å²) in [6.45, 7) is 23.6. The van der Waals surface area contributed by atoms with Crippen molar-refractivity contribution >= 4 is 17.5 Å². The molecule has 0 radical (unpaired) electrons. The number of aliphatic carboxylic acids is 1. The normalized spacial score (nSPS) is 30.1. The molecule has 0 saturated heterocycles. The van der Waals surface area contributed by atoms with Crippen LogP contribution in [0.2, 0.25) is 0 Å². The third-order valence-electron chi connectivity index (χ3n) is 11.8. The molecule has 0 aromatic carbocycles. The van der Waals surface area contributed by atoms with Crippen molar-refractivity contribution in [3.63, 3.8) is 0 Å². The first-order valence-electron chi connectivity index (χ1n) is 15.5. The summed E-state index contributed by atoms with van der Waals surface area (Å²) in [5, 5.41) is 19.7. The van der Waals surface area contributed by atoms with Gasteiger partial charge in [-0.25, -0.2) is 0 Å². The third-order valence-corrected chi connectivity index (χ3v) is 11.8. The van der Waals surface area contributed by atoms with Crippen LogP contribution < -0.4 is 0 Å². The lowest BCUT2D eigenvalue weighted by molar-refractivity contribution is -0.156. The lowest BCUT2D eigenvalue weighted by atomic mass is 9.39. The molecule has 2 aliphatic rings. The zero-order chi connectivity index (χ0) is 30.9. The number of hydrogen-bond donors (Lipinski definition) is 1. The molecule has 226 valence electrons. The van der Waals surface area contributed by atoms with Gasteiger partial charge in [0.05, 0.1) is 12.0 Å². The highest BCUT2D eigenvalue weighted by Gasteiger charge is 2.63. The molecule has 0 bridgehead atoms. The fourth-order valence-electron chi connectivity index (χ4n) is 8.71. The quantitative estimate of drug-likeness (QED) is 0.245. The van der Waals surface area contributed by atoms with Crippen molar-refractivity contribution in [2.45, 2.75) is 140 Å². The van der Waals surface area contributed by atoms with E-state index in [1.54, 1.807) is 6.92 Å². The van der Waals surface area contributed by atoms with Gasteiger partial charge in [-0.15, -0.1) is 0 Å². The monoisotopic (exact) mass is 555 g/mol. The van der Waals surface area contributed by atoms with E-state index in [0.29, 0.717) is 6.42 Å². The van der Waals surface area contributed by atoms with Crippen LogP contribution in [0.25, 0.3) is 0 Å². The standard InChI is InChI=1S/C35H57NO4/c1-12-14-30(3,4)16-18-33(9,22-28(38)39)19-17-31(5,6)35(11)15-13-26-32(7,8)29(40)25(23-36)21-34(26,10)27(35)20-24(2)37/h21,26-27H,12-20,22H2,1-11H3,(H,38,39)/t26-,27+,33-,34-,35+/m0/s1. The van der Waals surface area contributed by atoms with Crippen LogP contribution in [-0.2, 0) is 14.4 Å². The predicted molar refractivity (Wildman–Crippen MR) is 162 cm³/mol. The average molecular weight is 556 g/mol. The molecular weight excluding hydrogens is 498 g/mol. The van der Waals surface area contributed by atoms with Gasteiger partial charge in [0.25, 0.3) is 0 Å². The average Bonchev–Trinajstić information content (AvgIpc) is 2.81. The minimum Gasteiger partial charge on any atom is -0.481 e. The molecule has 0 unspecified atom stereocenters. The summed E-state index contributed by atoms with van der Waals surface area (Å²) in [7, 11) is 0.